The number of carbonyl (C=O) groups excluding carboxylic acids is 1. The Morgan fingerprint density at radius 2 is 1.82 bits per heavy atom. The van der Waals surface area contributed by atoms with Crippen molar-refractivity contribution >= 4 is 28.3 Å². The van der Waals surface area contributed by atoms with E-state index in [1.165, 1.54) is 22.4 Å². The van der Waals surface area contributed by atoms with Crippen molar-refractivity contribution < 1.29 is 4.79 Å². The van der Waals surface area contributed by atoms with Gasteiger partial charge in [-0.2, -0.15) is 5.10 Å². The molecule has 2 aliphatic rings. The largest absolute Gasteiger partial charge is 0.366 e. The molecule has 2 aliphatic heterocycles. The number of fused-ring (bicyclic) bond motifs is 2. The molecule has 4 heterocycles. The van der Waals surface area contributed by atoms with Crippen molar-refractivity contribution in [1.29, 1.82) is 0 Å². The van der Waals surface area contributed by atoms with Gasteiger partial charge < -0.3 is 14.7 Å². The molecule has 2 aromatic heterocycles. The molecule has 1 saturated heterocycles. The number of aromatic amines is 1. The van der Waals surface area contributed by atoms with Gasteiger partial charge in [-0.25, -0.2) is 9.97 Å². The van der Waals surface area contributed by atoms with Gasteiger partial charge in [-0.05, 0) is 55.5 Å². The first-order valence-corrected chi connectivity index (χ1v) is 14.4. The SMILES string of the molecule is CC(=O)N1CCN(c2nc(-c3c(C)ccc4[nH]ncc34)nc3c2CN(c2cc(C(C)C)ccc2C)CC3)C[C@H]1C. The number of rotatable bonds is 4. The van der Waals surface area contributed by atoms with Crippen LogP contribution in [0.4, 0.5) is 11.5 Å². The first-order valence-electron chi connectivity index (χ1n) is 14.4. The molecule has 0 unspecified atom stereocenters. The van der Waals surface area contributed by atoms with Crippen molar-refractivity contribution in [2.24, 2.45) is 0 Å². The molecule has 2 aromatic carbocycles. The molecule has 208 valence electrons. The van der Waals surface area contributed by atoms with E-state index in [9.17, 15) is 4.79 Å². The lowest BCUT2D eigenvalue weighted by molar-refractivity contribution is -0.131. The van der Waals surface area contributed by atoms with Crippen LogP contribution in [0.5, 0.6) is 0 Å². The maximum atomic E-state index is 12.2. The molecule has 1 atom stereocenters. The predicted octanol–water partition coefficient (Wildman–Crippen LogP) is 5.38. The molecule has 4 aromatic rings. The number of nitrogens with zero attached hydrogens (tertiary/aromatic N) is 6. The molecular weight excluding hydrogens is 498 g/mol. The van der Waals surface area contributed by atoms with E-state index in [0.29, 0.717) is 12.5 Å². The Balaban J connectivity index is 1.46. The summed E-state index contributed by atoms with van der Waals surface area (Å²) < 4.78 is 0. The third kappa shape index (κ3) is 4.59. The number of aromatic nitrogens is 4. The summed E-state index contributed by atoms with van der Waals surface area (Å²) in [6.07, 6.45) is 2.73. The van der Waals surface area contributed by atoms with Crippen LogP contribution < -0.4 is 9.80 Å². The van der Waals surface area contributed by atoms with E-state index in [0.717, 1.165) is 72.0 Å². The monoisotopic (exact) mass is 537 g/mol. The Morgan fingerprint density at radius 1 is 1.02 bits per heavy atom. The molecule has 0 bridgehead atoms. The van der Waals surface area contributed by atoms with Gasteiger partial charge in [-0.15, -0.1) is 0 Å². The second-order valence-electron chi connectivity index (χ2n) is 11.8. The average molecular weight is 538 g/mol. The van der Waals surface area contributed by atoms with Crippen molar-refractivity contribution in [3.8, 4) is 11.4 Å². The van der Waals surface area contributed by atoms with Crippen LogP contribution in [0, 0.1) is 13.8 Å². The molecule has 0 aliphatic carbocycles. The zero-order chi connectivity index (χ0) is 28.1. The van der Waals surface area contributed by atoms with Gasteiger partial charge in [0.15, 0.2) is 5.82 Å². The molecule has 1 N–H and O–H groups in total. The van der Waals surface area contributed by atoms with E-state index in [1.54, 1.807) is 6.92 Å². The lowest BCUT2D eigenvalue weighted by Crippen LogP contribution is -2.54. The van der Waals surface area contributed by atoms with E-state index < -0.39 is 0 Å². The summed E-state index contributed by atoms with van der Waals surface area (Å²) in [6.45, 7) is 16.5. The summed E-state index contributed by atoms with van der Waals surface area (Å²) in [6, 6.07) is 11.1. The maximum Gasteiger partial charge on any atom is 0.219 e. The number of carbonyl (C=O) groups is 1. The summed E-state index contributed by atoms with van der Waals surface area (Å²) in [4.78, 5) is 29.6. The van der Waals surface area contributed by atoms with Gasteiger partial charge in [0.05, 0.1) is 17.4 Å². The van der Waals surface area contributed by atoms with Gasteiger partial charge in [-0.3, -0.25) is 9.89 Å². The fourth-order valence-electron chi connectivity index (χ4n) is 6.34. The second-order valence-corrected chi connectivity index (χ2v) is 11.8. The Hall–Kier alpha value is -3.94. The minimum absolute atomic E-state index is 0.115. The number of nitrogens with one attached hydrogen (secondary N) is 1. The quantitative estimate of drug-likeness (QED) is 0.377. The van der Waals surface area contributed by atoms with Crippen molar-refractivity contribution in [3.63, 3.8) is 0 Å². The fourth-order valence-corrected chi connectivity index (χ4v) is 6.34. The van der Waals surface area contributed by atoms with Crippen LogP contribution >= 0.6 is 0 Å². The highest BCUT2D eigenvalue weighted by molar-refractivity contribution is 5.94. The molecule has 8 heteroatoms. The molecular formula is C32H39N7O. The lowest BCUT2D eigenvalue weighted by Gasteiger charge is -2.42. The highest BCUT2D eigenvalue weighted by Gasteiger charge is 2.32. The Kier molecular flexibility index (Phi) is 6.72. The fraction of sp³-hybridized carbons (Fsp3) is 0.438. The van der Waals surface area contributed by atoms with E-state index in [2.05, 4.69) is 84.9 Å². The van der Waals surface area contributed by atoms with Gasteiger partial charge in [-0.1, -0.05) is 32.0 Å². The first-order chi connectivity index (χ1) is 19.2. The summed E-state index contributed by atoms with van der Waals surface area (Å²) >= 11 is 0. The number of H-pyrrole nitrogens is 1. The molecule has 0 spiro atoms. The van der Waals surface area contributed by atoms with E-state index in [4.69, 9.17) is 9.97 Å². The van der Waals surface area contributed by atoms with E-state index >= 15 is 0 Å². The average Bonchev–Trinajstić information content (AvgIpc) is 3.41. The van der Waals surface area contributed by atoms with Gasteiger partial charge in [0.2, 0.25) is 5.91 Å². The van der Waals surface area contributed by atoms with Crippen LogP contribution in [-0.2, 0) is 17.8 Å². The van der Waals surface area contributed by atoms with Crippen LogP contribution in [0.25, 0.3) is 22.3 Å². The molecule has 0 saturated carbocycles. The van der Waals surface area contributed by atoms with Crippen LogP contribution in [-0.4, -0.2) is 63.2 Å². The minimum Gasteiger partial charge on any atom is -0.366 e. The Labute approximate surface area is 236 Å². The molecule has 1 fully saturated rings. The molecule has 40 heavy (non-hydrogen) atoms. The molecule has 0 radical (unpaired) electrons. The zero-order valence-corrected chi connectivity index (χ0v) is 24.5. The summed E-state index contributed by atoms with van der Waals surface area (Å²) in [5, 5.41) is 8.44. The summed E-state index contributed by atoms with van der Waals surface area (Å²) in [5.74, 6) is 2.36. The van der Waals surface area contributed by atoms with Crippen LogP contribution in [0.1, 0.15) is 61.6 Å². The molecule has 8 nitrogen and oxygen atoms in total. The third-order valence-corrected chi connectivity index (χ3v) is 8.67. The highest BCUT2D eigenvalue weighted by Crippen LogP contribution is 2.37. The van der Waals surface area contributed by atoms with Crippen molar-refractivity contribution in [2.45, 2.75) is 66.5 Å². The topological polar surface area (TPSA) is 81.2 Å². The standard InChI is InChI=1S/C32H39N7O/c1-19(2)24-9-7-20(3)29(15-24)37-12-11-27-26(18-37)32(38-13-14-39(23(6)40)22(5)17-38)35-31(34-27)30-21(4)8-10-28-25(30)16-33-36-28/h7-10,15-16,19,22H,11-14,17-18H2,1-6H3,(H,33,36)/t22-/m1/s1. The Morgan fingerprint density at radius 3 is 2.58 bits per heavy atom. The number of hydrogen-bond acceptors (Lipinski definition) is 6. The first kappa shape index (κ1) is 26.3. The second kappa shape index (κ2) is 10.2. The third-order valence-electron chi connectivity index (χ3n) is 8.67. The zero-order valence-electron chi connectivity index (χ0n) is 24.5. The minimum atomic E-state index is 0.115. The van der Waals surface area contributed by atoms with Gasteiger partial charge in [0.25, 0.3) is 0 Å². The highest BCUT2D eigenvalue weighted by atomic mass is 16.2. The smallest absolute Gasteiger partial charge is 0.219 e. The number of anilines is 2. The maximum absolute atomic E-state index is 12.2. The summed E-state index contributed by atoms with van der Waals surface area (Å²) in [5.41, 5.74) is 9.41. The van der Waals surface area contributed by atoms with Crippen molar-refractivity contribution in [1.82, 2.24) is 25.1 Å². The number of aryl methyl sites for hydroxylation is 2. The van der Waals surface area contributed by atoms with Gasteiger partial charge in [0.1, 0.15) is 5.82 Å². The normalized spacial score (nSPS) is 17.6. The van der Waals surface area contributed by atoms with E-state index in [-0.39, 0.29) is 11.9 Å². The summed E-state index contributed by atoms with van der Waals surface area (Å²) in [7, 11) is 0. The van der Waals surface area contributed by atoms with Crippen LogP contribution in [0.15, 0.2) is 36.5 Å². The lowest BCUT2D eigenvalue weighted by atomic mass is 9.97. The predicted molar refractivity (Wildman–Crippen MR) is 161 cm³/mol. The Bertz CT molecular complexity index is 1590. The van der Waals surface area contributed by atoms with Crippen LogP contribution in [0.3, 0.4) is 0 Å². The number of amides is 1. The number of piperazine rings is 1. The van der Waals surface area contributed by atoms with Crippen LogP contribution in [0.2, 0.25) is 0 Å². The molecule has 6 rings (SSSR count). The van der Waals surface area contributed by atoms with Crippen molar-refractivity contribution in [3.05, 3.63) is 64.5 Å². The molecule has 1 amide bonds. The van der Waals surface area contributed by atoms with Crippen molar-refractivity contribution in [2.75, 3.05) is 36.0 Å². The number of hydrogen-bond donors (Lipinski definition) is 1. The van der Waals surface area contributed by atoms with Gasteiger partial charge >= 0.3 is 0 Å². The number of benzene rings is 2. The van der Waals surface area contributed by atoms with E-state index in [1.807, 2.05) is 11.1 Å². The van der Waals surface area contributed by atoms with Gasteiger partial charge in [0, 0.05) is 74.3 Å².